The number of amides is 2. The Morgan fingerprint density at radius 2 is 1.72 bits per heavy atom. The Kier molecular flexibility index (Phi) is 5.88. The van der Waals surface area contributed by atoms with Crippen LogP contribution < -0.4 is 9.47 Å². The molecule has 6 rings (SSSR count). The summed E-state index contributed by atoms with van der Waals surface area (Å²) in [6.45, 7) is 2.75. The summed E-state index contributed by atoms with van der Waals surface area (Å²) in [4.78, 5) is 25.8. The molecule has 0 spiro atoms. The number of hydrogen-bond donors (Lipinski definition) is 0. The molecule has 1 heterocycles. The lowest BCUT2D eigenvalue weighted by atomic mass is 9.85. The lowest BCUT2D eigenvalue weighted by molar-refractivity contribution is -0.140. The summed E-state index contributed by atoms with van der Waals surface area (Å²) in [6.07, 6.45) is 6.59. The van der Waals surface area contributed by atoms with Crippen LogP contribution in [0.3, 0.4) is 0 Å². The molecular weight excluding hydrogens is 520 g/mol. The largest absolute Gasteiger partial charge is 0.490 e. The van der Waals surface area contributed by atoms with E-state index in [1.54, 1.807) is 0 Å². The molecule has 7 heteroatoms. The second-order valence-corrected chi connectivity index (χ2v) is 10.3. The van der Waals surface area contributed by atoms with Crippen LogP contribution >= 0.6 is 15.9 Å². The highest BCUT2D eigenvalue weighted by molar-refractivity contribution is 9.10. The van der Waals surface area contributed by atoms with Crippen molar-refractivity contribution in [2.45, 2.75) is 20.0 Å². The number of nitrogens with zero attached hydrogens (tertiary/aromatic N) is 2. The first-order valence-corrected chi connectivity index (χ1v) is 13.0. The molecule has 3 aliphatic rings. The van der Waals surface area contributed by atoms with Gasteiger partial charge in [-0.1, -0.05) is 54.6 Å². The number of carbonyl (C=O) groups excluding carboxylic acids is 2. The minimum Gasteiger partial charge on any atom is -0.490 e. The van der Waals surface area contributed by atoms with E-state index >= 15 is 0 Å². The van der Waals surface area contributed by atoms with E-state index in [1.165, 1.54) is 6.21 Å². The number of halogens is 1. The molecule has 2 fully saturated rings. The Hall–Kier alpha value is -3.45. The van der Waals surface area contributed by atoms with Gasteiger partial charge in [0.15, 0.2) is 11.5 Å². The normalized spacial score (nSPS) is 24.3. The topological polar surface area (TPSA) is 68.2 Å². The van der Waals surface area contributed by atoms with E-state index in [0.717, 1.165) is 27.8 Å². The van der Waals surface area contributed by atoms with E-state index in [0.29, 0.717) is 34.7 Å². The molecule has 1 saturated carbocycles. The molecule has 4 atom stereocenters. The van der Waals surface area contributed by atoms with Gasteiger partial charge < -0.3 is 9.47 Å². The number of imide groups is 1. The van der Waals surface area contributed by atoms with Crippen molar-refractivity contribution >= 4 is 44.7 Å². The first-order valence-electron chi connectivity index (χ1n) is 12.2. The highest BCUT2D eigenvalue weighted by atomic mass is 79.9. The van der Waals surface area contributed by atoms with Crippen LogP contribution in [-0.4, -0.2) is 29.6 Å². The summed E-state index contributed by atoms with van der Waals surface area (Å²) < 4.78 is 12.8. The Labute approximate surface area is 217 Å². The van der Waals surface area contributed by atoms with Crippen LogP contribution in [0.4, 0.5) is 0 Å². The van der Waals surface area contributed by atoms with Gasteiger partial charge in [0.1, 0.15) is 6.61 Å². The number of ether oxygens (including phenoxy) is 2. The van der Waals surface area contributed by atoms with Crippen LogP contribution in [0.25, 0.3) is 10.8 Å². The molecule has 0 radical (unpaired) electrons. The molecule has 0 N–H and O–H groups in total. The van der Waals surface area contributed by atoms with Gasteiger partial charge in [0.05, 0.1) is 29.1 Å². The first kappa shape index (κ1) is 23.0. The fraction of sp³-hybridized carbons (Fsp3) is 0.276. The van der Waals surface area contributed by atoms with Crippen LogP contribution in [-0.2, 0) is 16.2 Å². The Bertz CT molecular complexity index is 1400. The van der Waals surface area contributed by atoms with Crippen molar-refractivity contribution in [3.63, 3.8) is 0 Å². The van der Waals surface area contributed by atoms with Gasteiger partial charge in [-0.05, 0) is 75.1 Å². The maximum Gasteiger partial charge on any atom is 0.254 e. The fourth-order valence-electron chi connectivity index (χ4n) is 5.76. The van der Waals surface area contributed by atoms with E-state index in [9.17, 15) is 9.59 Å². The van der Waals surface area contributed by atoms with Crippen molar-refractivity contribution in [2.75, 3.05) is 6.61 Å². The van der Waals surface area contributed by atoms with E-state index < -0.39 is 0 Å². The molecule has 0 unspecified atom stereocenters. The summed E-state index contributed by atoms with van der Waals surface area (Å²) in [7, 11) is 0. The van der Waals surface area contributed by atoms with Crippen molar-refractivity contribution in [3.8, 4) is 11.5 Å². The van der Waals surface area contributed by atoms with Crippen LogP contribution in [0, 0.1) is 23.7 Å². The van der Waals surface area contributed by atoms with Crippen molar-refractivity contribution in [1.82, 2.24) is 5.01 Å². The highest BCUT2D eigenvalue weighted by Crippen LogP contribution is 2.52. The monoisotopic (exact) mass is 544 g/mol. The van der Waals surface area contributed by atoms with Gasteiger partial charge in [-0.2, -0.15) is 10.1 Å². The van der Waals surface area contributed by atoms with Gasteiger partial charge in [0.2, 0.25) is 0 Å². The summed E-state index contributed by atoms with van der Waals surface area (Å²) in [6, 6.07) is 18.0. The summed E-state index contributed by atoms with van der Waals surface area (Å²) in [5, 5.41) is 7.66. The molecule has 1 aliphatic heterocycles. The molecule has 2 bridgehead atoms. The number of hydrogen-bond acceptors (Lipinski definition) is 5. The predicted octanol–water partition coefficient (Wildman–Crippen LogP) is 5.72. The molecular formula is C29H25BrN2O4. The van der Waals surface area contributed by atoms with Crippen LogP contribution in [0.5, 0.6) is 11.5 Å². The zero-order valence-electron chi connectivity index (χ0n) is 19.8. The SMILES string of the molecule is CCOc1cc(/C=N\N2C(=O)[C@H]3[C@H](C2=O)[C@H]2C=C[C@H]3C2)cc(Br)c1OCc1cccc2ccccc12. The Balaban J connectivity index is 1.23. The summed E-state index contributed by atoms with van der Waals surface area (Å²) in [5.74, 6) is 0.552. The van der Waals surface area contributed by atoms with Crippen LogP contribution in [0.2, 0.25) is 0 Å². The van der Waals surface area contributed by atoms with E-state index in [1.807, 2.05) is 37.3 Å². The van der Waals surface area contributed by atoms with Crippen LogP contribution in [0.1, 0.15) is 24.5 Å². The molecule has 1 saturated heterocycles. The quantitative estimate of drug-likeness (QED) is 0.216. The second-order valence-electron chi connectivity index (χ2n) is 9.42. The number of rotatable bonds is 7. The number of fused-ring (bicyclic) bond motifs is 6. The molecule has 36 heavy (non-hydrogen) atoms. The second kappa shape index (κ2) is 9.21. The minimum absolute atomic E-state index is 0.161. The average molecular weight is 545 g/mol. The summed E-state index contributed by atoms with van der Waals surface area (Å²) in [5.41, 5.74) is 1.77. The van der Waals surface area contributed by atoms with E-state index in [2.05, 4.69) is 57.4 Å². The van der Waals surface area contributed by atoms with Gasteiger partial charge in [0.25, 0.3) is 11.8 Å². The third-order valence-electron chi connectivity index (χ3n) is 7.35. The van der Waals surface area contributed by atoms with Crippen molar-refractivity contribution in [1.29, 1.82) is 0 Å². The van der Waals surface area contributed by atoms with Gasteiger partial charge in [-0.3, -0.25) is 9.59 Å². The predicted molar refractivity (Wildman–Crippen MR) is 141 cm³/mol. The van der Waals surface area contributed by atoms with Gasteiger partial charge in [-0.25, -0.2) is 0 Å². The van der Waals surface area contributed by atoms with Gasteiger partial charge in [0, 0.05) is 0 Å². The minimum atomic E-state index is -0.264. The van der Waals surface area contributed by atoms with Crippen LogP contribution in [0.15, 0.2) is 76.3 Å². The molecule has 182 valence electrons. The third-order valence-corrected chi connectivity index (χ3v) is 7.94. The standard InChI is InChI=1S/C29H25BrN2O4/c1-2-35-24-13-17(15-31-32-28(33)25-19-10-11-20(14-19)26(25)29(32)34)12-23(30)27(24)36-16-21-8-5-7-18-6-3-4-9-22(18)21/h3-13,15,19-20,25-26H,2,14,16H2,1H3/b31-15-/t19-,20-,25+,26+/m0/s1. The Morgan fingerprint density at radius 3 is 2.47 bits per heavy atom. The van der Waals surface area contributed by atoms with Gasteiger partial charge in [-0.15, -0.1) is 0 Å². The van der Waals surface area contributed by atoms with Gasteiger partial charge >= 0.3 is 0 Å². The molecule has 2 aliphatic carbocycles. The molecule has 3 aromatic carbocycles. The molecule has 2 amide bonds. The lowest BCUT2D eigenvalue weighted by Crippen LogP contribution is -2.28. The van der Waals surface area contributed by atoms with Crippen molar-refractivity contribution in [2.24, 2.45) is 28.8 Å². The fourth-order valence-corrected chi connectivity index (χ4v) is 6.33. The smallest absolute Gasteiger partial charge is 0.254 e. The number of hydrazone groups is 1. The number of allylic oxidation sites excluding steroid dienone is 2. The zero-order valence-corrected chi connectivity index (χ0v) is 21.4. The van der Waals surface area contributed by atoms with E-state index in [-0.39, 0.29) is 35.5 Å². The zero-order chi connectivity index (χ0) is 24.8. The lowest BCUT2D eigenvalue weighted by Gasteiger charge is -2.16. The maximum absolute atomic E-state index is 12.9. The third kappa shape index (κ3) is 3.82. The van der Waals surface area contributed by atoms with Crippen molar-refractivity contribution < 1.29 is 19.1 Å². The number of carbonyl (C=O) groups is 2. The first-order chi connectivity index (χ1) is 17.5. The molecule has 3 aromatic rings. The van der Waals surface area contributed by atoms with E-state index in [4.69, 9.17) is 9.47 Å². The maximum atomic E-state index is 12.9. The molecule has 6 nitrogen and oxygen atoms in total. The molecule has 0 aromatic heterocycles. The van der Waals surface area contributed by atoms with Crippen molar-refractivity contribution in [3.05, 3.63) is 82.3 Å². The Morgan fingerprint density at radius 1 is 1.00 bits per heavy atom. The summed E-state index contributed by atoms with van der Waals surface area (Å²) >= 11 is 3.61. The highest BCUT2D eigenvalue weighted by Gasteiger charge is 2.59. The average Bonchev–Trinajstić information content (AvgIpc) is 3.56. The number of benzene rings is 3.